The number of rotatable bonds is 11. The highest BCUT2D eigenvalue weighted by Gasteiger charge is 2.13. The third-order valence-electron chi connectivity index (χ3n) is 3.90. The summed E-state index contributed by atoms with van der Waals surface area (Å²) < 4.78 is 30.4. The molecule has 0 unspecified atom stereocenters. The first-order valence-electron chi connectivity index (χ1n) is 9.06. The van der Waals surface area contributed by atoms with E-state index in [0.29, 0.717) is 28.6 Å². The first kappa shape index (κ1) is 24.5. The Bertz CT molecular complexity index is 729. The summed E-state index contributed by atoms with van der Waals surface area (Å²) >= 11 is 6.37. The van der Waals surface area contributed by atoms with Crippen LogP contribution < -0.4 is 14.8 Å². The highest BCUT2D eigenvalue weighted by molar-refractivity contribution is 6.32. The van der Waals surface area contributed by atoms with Gasteiger partial charge < -0.3 is 19.5 Å². The van der Waals surface area contributed by atoms with Gasteiger partial charge in [0.25, 0.3) is 0 Å². The Kier molecular flexibility index (Phi) is 11.2. The molecule has 2 aromatic carbocycles. The normalized spacial score (nSPS) is 10.6. The SMILES string of the molecule is COc1cc(CNCCCOC(C)C)cc(Cl)c1OCc1ccccc1F.Cl. The molecule has 2 aromatic rings. The zero-order valence-electron chi connectivity index (χ0n) is 16.5. The predicted molar refractivity (Wildman–Crippen MR) is 113 cm³/mol. The summed E-state index contributed by atoms with van der Waals surface area (Å²) in [5.41, 5.74) is 1.45. The monoisotopic (exact) mass is 431 g/mol. The highest BCUT2D eigenvalue weighted by Crippen LogP contribution is 2.37. The lowest BCUT2D eigenvalue weighted by Crippen LogP contribution is -2.17. The summed E-state index contributed by atoms with van der Waals surface area (Å²) in [7, 11) is 1.56. The lowest BCUT2D eigenvalue weighted by molar-refractivity contribution is 0.0770. The molecule has 156 valence electrons. The molecule has 0 heterocycles. The van der Waals surface area contributed by atoms with Gasteiger partial charge in [0.1, 0.15) is 12.4 Å². The van der Waals surface area contributed by atoms with Crippen molar-refractivity contribution in [1.82, 2.24) is 5.32 Å². The Labute approximate surface area is 177 Å². The summed E-state index contributed by atoms with van der Waals surface area (Å²) in [5.74, 6) is 0.630. The Hall–Kier alpha value is -1.53. The van der Waals surface area contributed by atoms with Crippen molar-refractivity contribution >= 4 is 24.0 Å². The van der Waals surface area contributed by atoms with Crippen LogP contribution in [0.1, 0.15) is 31.4 Å². The minimum Gasteiger partial charge on any atom is -0.493 e. The zero-order chi connectivity index (χ0) is 19.6. The summed E-state index contributed by atoms with van der Waals surface area (Å²) in [4.78, 5) is 0. The van der Waals surface area contributed by atoms with Crippen molar-refractivity contribution in [2.75, 3.05) is 20.3 Å². The number of methoxy groups -OCH3 is 1. The van der Waals surface area contributed by atoms with Gasteiger partial charge in [0.05, 0.1) is 18.2 Å². The van der Waals surface area contributed by atoms with E-state index in [9.17, 15) is 4.39 Å². The van der Waals surface area contributed by atoms with Gasteiger partial charge in [0.2, 0.25) is 0 Å². The number of hydrogen-bond acceptors (Lipinski definition) is 4. The molecule has 0 radical (unpaired) electrons. The third kappa shape index (κ3) is 7.84. The maximum Gasteiger partial charge on any atom is 0.180 e. The molecule has 0 aromatic heterocycles. The number of nitrogens with one attached hydrogen (secondary N) is 1. The second-order valence-electron chi connectivity index (χ2n) is 6.44. The Balaban J connectivity index is 0.00000392. The van der Waals surface area contributed by atoms with Gasteiger partial charge in [-0.05, 0) is 50.6 Å². The smallest absolute Gasteiger partial charge is 0.180 e. The van der Waals surface area contributed by atoms with Crippen LogP contribution in [0.3, 0.4) is 0 Å². The lowest BCUT2D eigenvalue weighted by Gasteiger charge is -2.15. The van der Waals surface area contributed by atoms with Crippen LogP contribution in [0.5, 0.6) is 11.5 Å². The van der Waals surface area contributed by atoms with Crippen molar-refractivity contribution in [3.05, 3.63) is 58.4 Å². The van der Waals surface area contributed by atoms with Crippen molar-refractivity contribution < 1.29 is 18.6 Å². The van der Waals surface area contributed by atoms with Crippen molar-refractivity contribution in [2.45, 2.75) is 39.5 Å². The number of benzene rings is 2. The van der Waals surface area contributed by atoms with Crippen molar-refractivity contribution in [3.63, 3.8) is 0 Å². The van der Waals surface area contributed by atoms with Gasteiger partial charge >= 0.3 is 0 Å². The van der Waals surface area contributed by atoms with Crippen LogP contribution in [-0.4, -0.2) is 26.4 Å². The van der Waals surface area contributed by atoms with Gasteiger partial charge in [-0.15, -0.1) is 12.4 Å². The second kappa shape index (κ2) is 12.8. The van der Waals surface area contributed by atoms with Gasteiger partial charge in [-0.2, -0.15) is 0 Å². The zero-order valence-corrected chi connectivity index (χ0v) is 18.0. The van der Waals surface area contributed by atoms with E-state index in [1.807, 2.05) is 26.0 Å². The standard InChI is InChI=1S/C21H27ClFNO3.ClH/c1-15(2)26-10-6-9-24-13-16-11-18(22)21(20(12-16)25-3)27-14-17-7-4-5-8-19(17)23;/h4-5,7-8,11-12,15,24H,6,9-10,13-14H2,1-3H3;1H. The number of halogens is 3. The van der Waals surface area contributed by atoms with Gasteiger partial charge in [-0.25, -0.2) is 4.39 Å². The quantitative estimate of drug-likeness (QED) is 0.483. The Morgan fingerprint density at radius 3 is 2.61 bits per heavy atom. The molecule has 0 aliphatic carbocycles. The molecule has 1 N–H and O–H groups in total. The number of ether oxygens (including phenoxy) is 3. The second-order valence-corrected chi connectivity index (χ2v) is 6.85. The van der Waals surface area contributed by atoms with E-state index in [1.54, 1.807) is 25.3 Å². The maximum absolute atomic E-state index is 13.8. The molecule has 2 rings (SSSR count). The van der Waals surface area contributed by atoms with Crippen molar-refractivity contribution in [3.8, 4) is 11.5 Å². The van der Waals surface area contributed by atoms with E-state index in [-0.39, 0.29) is 30.9 Å². The van der Waals surface area contributed by atoms with E-state index in [0.717, 1.165) is 25.1 Å². The molecule has 0 bridgehead atoms. The summed E-state index contributed by atoms with van der Waals surface area (Å²) in [5, 5.41) is 3.79. The molecule has 0 fully saturated rings. The van der Waals surface area contributed by atoms with Crippen LogP contribution in [0.25, 0.3) is 0 Å². The van der Waals surface area contributed by atoms with E-state index in [1.165, 1.54) is 6.07 Å². The molecule has 4 nitrogen and oxygen atoms in total. The Morgan fingerprint density at radius 1 is 1.18 bits per heavy atom. The van der Waals surface area contributed by atoms with Crippen LogP contribution in [-0.2, 0) is 17.9 Å². The molecular weight excluding hydrogens is 404 g/mol. The van der Waals surface area contributed by atoms with Crippen LogP contribution in [0, 0.1) is 5.82 Å². The topological polar surface area (TPSA) is 39.7 Å². The fraction of sp³-hybridized carbons (Fsp3) is 0.429. The van der Waals surface area contributed by atoms with Gasteiger partial charge in [0, 0.05) is 18.7 Å². The van der Waals surface area contributed by atoms with Crippen LogP contribution in [0.4, 0.5) is 4.39 Å². The summed E-state index contributed by atoms with van der Waals surface area (Å²) in [6.45, 7) is 6.37. The van der Waals surface area contributed by atoms with Crippen LogP contribution in [0.15, 0.2) is 36.4 Å². The van der Waals surface area contributed by atoms with E-state index in [2.05, 4.69) is 5.32 Å². The molecule has 0 atom stereocenters. The maximum atomic E-state index is 13.8. The van der Waals surface area contributed by atoms with E-state index < -0.39 is 0 Å². The molecule has 0 aliphatic rings. The minimum absolute atomic E-state index is 0. The lowest BCUT2D eigenvalue weighted by atomic mass is 10.2. The predicted octanol–water partition coefficient (Wildman–Crippen LogP) is 5.39. The van der Waals surface area contributed by atoms with Gasteiger partial charge in [-0.1, -0.05) is 29.8 Å². The molecule has 0 spiro atoms. The molecule has 28 heavy (non-hydrogen) atoms. The van der Waals surface area contributed by atoms with Crippen LogP contribution >= 0.6 is 24.0 Å². The minimum atomic E-state index is -0.310. The molecule has 7 heteroatoms. The van der Waals surface area contributed by atoms with Crippen molar-refractivity contribution in [1.29, 1.82) is 0 Å². The molecular formula is C21H28Cl2FNO3. The number of hydrogen-bond donors (Lipinski definition) is 1. The highest BCUT2D eigenvalue weighted by atomic mass is 35.5. The molecule has 0 amide bonds. The Morgan fingerprint density at radius 2 is 1.93 bits per heavy atom. The first-order valence-corrected chi connectivity index (χ1v) is 9.44. The third-order valence-corrected chi connectivity index (χ3v) is 4.18. The van der Waals surface area contributed by atoms with Gasteiger partial charge in [0.15, 0.2) is 11.5 Å². The van der Waals surface area contributed by atoms with Crippen LogP contribution in [0.2, 0.25) is 5.02 Å². The molecule has 0 aliphatic heterocycles. The van der Waals surface area contributed by atoms with Gasteiger partial charge in [-0.3, -0.25) is 0 Å². The fourth-order valence-electron chi connectivity index (χ4n) is 2.53. The van der Waals surface area contributed by atoms with Crippen molar-refractivity contribution in [2.24, 2.45) is 0 Å². The average molecular weight is 432 g/mol. The molecule has 0 saturated heterocycles. The largest absolute Gasteiger partial charge is 0.493 e. The van der Waals surface area contributed by atoms with E-state index >= 15 is 0 Å². The van der Waals surface area contributed by atoms with E-state index in [4.69, 9.17) is 25.8 Å². The average Bonchev–Trinajstić information content (AvgIpc) is 2.64. The molecule has 0 saturated carbocycles. The summed E-state index contributed by atoms with van der Waals surface area (Å²) in [6.07, 6.45) is 1.19. The fourth-order valence-corrected chi connectivity index (χ4v) is 2.82. The first-order chi connectivity index (χ1) is 13.0. The summed E-state index contributed by atoms with van der Waals surface area (Å²) in [6, 6.07) is 10.2.